The van der Waals surface area contributed by atoms with E-state index in [1.54, 1.807) is 12.1 Å². The van der Waals surface area contributed by atoms with Crippen LogP contribution in [0.4, 0.5) is 4.39 Å². The monoisotopic (exact) mass is 271 g/mol. The molecular formula is C17H18FNO. The molecule has 3 heteroatoms. The highest BCUT2D eigenvalue weighted by Crippen LogP contribution is 2.30. The summed E-state index contributed by atoms with van der Waals surface area (Å²) in [6.07, 6.45) is 7.47. The minimum atomic E-state index is -0.398. The van der Waals surface area contributed by atoms with Gasteiger partial charge in [0.2, 0.25) is 0 Å². The van der Waals surface area contributed by atoms with Gasteiger partial charge in [0.1, 0.15) is 5.76 Å². The summed E-state index contributed by atoms with van der Waals surface area (Å²) in [5, 5.41) is 9.23. The first kappa shape index (κ1) is 14.3. The van der Waals surface area contributed by atoms with Crippen molar-refractivity contribution in [3.05, 3.63) is 53.6 Å². The highest BCUT2D eigenvalue weighted by molar-refractivity contribution is 5.36. The highest BCUT2D eigenvalue weighted by Gasteiger charge is 2.17. The lowest BCUT2D eigenvalue weighted by atomic mass is 9.90. The molecule has 20 heavy (non-hydrogen) atoms. The van der Waals surface area contributed by atoms with Crippen molar-refractivity contribution < 1.29 is 9.13 Å². The summed E-state index contributed by atoms with van der Waals surface area (Å²) in [5.41, 5.74) is 0.797. The number of allylic oxidation sites excluding steroid dienone is 4. The lowest BCUT2D eigenvalue weighted by molar-refractivity contribution is 0.377. The summed E-state index contributed by atoms with van der Waals surface area (Å²) in [5.74, 6) is 0.476. The van der Waals surface area contributed by atoms with E-state index in [1.807, 2.05) is 32.1 Å². The quantitative estimate of drug-likeness (QED) is 0.795. The second-order valence-corrected chi connectivity index (χ2v) is 5.24. The van der Waals surface area contributed by atoms with Gasteiger partial charge in [-0.1, -0.05) is 32.1 Å². The lowest BCUT2D eigenvalue weighted by Gasteiger charge is -2.16. The zero-order chi connectivity index (χ0) is 14.5. The Bertz CT molecular complexity index is 581. The largest absolute Gasteiger partial charge is 0.459 e. The molecular weight excluding hydrogens is 253 g/mol. The molecule has 0 saturated heterocycles. The molecule has 0 aromatic heterocycles. The zero-order valence-corrected chi connectivity index (χ0v) is 11.8. The summed E-state index contributed by atoms with van der Waals surface area (Å²) in [6.45, 7) is 3.96. The average Bonchev–Trinajstić information content (AvgIpc) is 2.44. The molecule has 0 saturated carbocycles. The van der Waals surface area contributed by atoms with Crippen LogP contribution >= 0.6 is 0 Å². The van der Waals surface area contributed by atoms with Gasteiger partial charge in [-0.2, -0.15) is 5.26 Å². The third kappa shape index (κ3) is 3.27. The van der Waals surface area contributed by atoms with Gasteiger partial charge in [-0.3, -0.25) is 0 Å². The van der Waals surface area contributed by atoms with Gasteiger partial charge in [0.05, 0.1) is 12.0 Å². The first-order chi connectivity index (χ1) is 9.61. The molecule has 0 radical (unpaired) electrons. The van der Waals surface area contributed by atoms with Crippen molar-refractivity contribution in [1.82, 2.24) is 0 Å². The van der Waals surface area contributed by atoms with E-state index >= 15 is 0 Å². The Morgan fingerprint density at radius 1 is 1.35 bits per heavy atom. The van der Waals surface area contributed by atoms with Gasteiger partial charge in [-0.05, 0) is 36.1 Å². The van der Waals surface area contributed by atoms with Crippen LogP contribution in [0.5, 0.6) is 5.75 Å². The van der Waals surface area contributed by atoms with Gasteiger partial charge in [-0.25, -0.2) is 4.39 Å². The second-order valence-electron chi connectivity index (χ2n) is 5.24. The summed E-state index contributed by atoms with van der Waals surface area (Å²) < 4.78 is 19.5. The number of nitrogens with zero attached hydrogens (tertiary/aromatic N) is 1. The Morgan fingerprint density at radius 3 is 2.75 bits per heavy atom. The van der Waals surface area contributed by atoms with Gasteiger partial charge in [-0.15, -0.1) is 0 Å². The van der Waals surface area contributed by atoms with Crippen molar-refractivity contribution in [2.24, 2.45) is 5.92 Å². The molecule has 0 amide bonds. The molecule has 0 fully saturated rings. The van der Waals surface area contributed by atoms with E-state index in [-0.39, 0.29) is 17.6 Å². The van der Waals surface area contributed by atoms with Crippen LogP contribution in [-0.4, -0.2) is 0 Å². The van der Waals surface area contributed by atoms with Crippen LogP contribution in [0.3, 0.4) is 0 Å². The van der Waals surface area contributed by atoms with Crippen LogP contribution in [0.1, 0.15) is 38.2 Å². The van der Waals surface area contributed by atoms with Crippen LogP contribution in [0.25, 0.3) is 0 Å². The number of rotatable bonds is 4. The van der Waals surface area contributed by atoms with E-state index in [1.165, 1.54) is 6.07 Å². The molecule has 0 aliphatic heterocycles. The Kier molecular flexibility index (Phi) is 4.57. The molecule has 0 N–H and O–H groups in total. The number of benzene rings is 1. The summed E-state index contributed by atoms with van der Waals surface area (Å²) >= 11 is 0. The van der Waals surface area contributed by atoms with Gasteiger partial charge in [0.15, 0.2) is 11.6 Å². The van der Waals surface area contributed by atoms with Crippen LogP contribution < -0.4 is 4.74 Å². The smallest absolute Gasteiger partial charge is 0.165 e. The maximum absolute atomic E-state index is 13.8. The molecule has 0 heterocycles. The topological polar surface area (TPSA) is 33.0 Å². The Balaban J connectivity index is 2.27. The Morgan fingerprint density at radius 2 is 2.15 bits per heavy atom. The SMILES string of the molecule is CC(C)[C@@H](C#N)c1ccc(F)c(OC2=CC=CCC2)c1. The second kappa shape index (κ2) is 6.38. The number of hydrogen-bond donors (Lipinski definition) is 0. The van der Waals surface area contributed by atoms with E-state index < -0.39 is 5.82 Å². The minimum absolute atomic E-state index is 0.176. The van der Waals surface area contributed by atoms with E-state index in [0.717, 1.165) is 24.2 Å². The molecule has 1 atom stereocenters. The molecule has 104 valence electrons. The van der Waals surface area contributed by atoms with Crippen molar-refractivity contribution >= 4 is 0 Å². The fourth-order valence-corrected chi connectivity index (χ4v) is 2.21. The third-order valence-electron chi connectivity index (χ3n) is 3.34. The van der Waals surface area contributed by atoms with Crippen molar-refractivity contribution in [3.63, 3.8) is 0 Å². The molecule has 1 aromatic carbocycles. The van der Waals surface area contributed by atoms with Crippen molar-refractivity contribution in [1.29, 1.82) is 5.26 Å². The standard InChI is InChI=1S/C17H18FNO/c1-12(2)15(11-19)13-8-9-16(18)17(10-13)20-14-6-4-3-5-7-14/h3-4,6,8-10,12,15H,5,7H2,1-2H3/t15-/m1/s1. The highest BCUT2D eigenvalue weighted by atomic mass is 19.1. The lowest BCUT2D eigenvalue weighted by Crippen LogP contribution is -2.06. The minimum Gasteiger partial charge on any atom is -0.459 e. The number of nitriles is 1. The molecule has 1 aliphatic rings. The summed E-state index contributed by atoms with van der Waals surface area (Å²) in [6, 6.07) is 6.94. The van der Waals surface area contributed by atoms with Crippen molar-refractivity contribution in [3.8, 4) is 11.8 Å². The van der Waals surface area contributed by atoms with E-state index in [2.05, 4.69) is 6.07 Å². The van der Waals surface area contributed by atoms with Gasteiger partial charge >= 0.3 is 0 Å². The van der Waals surface area contributed by atoms with E-state index in [4.69, 9.17) is 4.74 Å². The molecule has 0 unspecified atom stereocenters. The first-order valence-corrected chi connectivity index (χ1v) is 6.84. The van der Waals surface area contributed by atoms with Crippen LogP contribution in [0.2, 0.25) is 0 Å². The molecule has 2 nitrogen and oxygen atoms in total. The summed E-state index contributed by atoms with van der Waals surface area (Å²) in [4.78, 5) is 0. The van der Waals surface area contributed by atoms with Crippen molar-refractivity contribution in [2.45, 2.75) is 32.6 Å². The van der Waals surface area contributed by atoms with E-state index in [0.29, 0.717) is 0 Å². The average molecular weight is 271 g/mol. The molecule has 1 aromatic rings. The van der Waals surface area contributed by atoms with Crippen LogP contribution in [-0.2, 0) is 0 Å². The van der Waals surface area contributed by atoms with Gasteiger partial charge < -0.3 is 4.74 Å². The Hall–Kier alpha value is -2.08. The predicted octanol–water partition coefficient (Wildman–Crippen LogP) is 4.70. The molecule has 2 rings (SSSR count). The van der Waals surface area contributed by atoms with Crippen molar-refractivity contribution in [2.75, 3.05) is 0 Å². The van der Waals surface area contributed by atoms with Gasteiger partial charge in [0, 0.05) is 6.42 Å². The molecule has 1 aliphatic carbocycles. The third-order valence-corrected chi connectivity index (χ3v) is 3.34. The maximum atomic E-state index is 13.8. The fraction of sp³-hybridized carbons (Fsp3) is 0.353. The fourth-order valence-electron chi connectivity index (χ4n) is 2.21. The number of halogens is 1. The normalized spacial score (nSPS) is 15.7. The Labute approximate surface area is 119 Å². The zero-order valence-electron chi connectivity index (χ0n) is 11.8. The molecule has 0 spiro atoms. The van der Waals surface area contributed by atoms with E-state index in [9.17, 15) is 9.65 Å². The van der Waals surface area contributed by atoms with Gasteiger partial charge in [0.25, 0.3) is 0 Å². The van der Waals surface area contributed by atoms with Crippen LogP contribution in [0.15, 0.2) is 42.2 Å². The number of hydrogen-bond acceptors (Lipinski definition) is 2. The van der Waals surface area contributed by atoms with Crippen LogP contribution in [0, 0.1) is 23.1 Å². The predicted molar refractivity (Wildman–Crippen MR) is 76.7 cm³/mol. The number of ether oxygens (including phenoxy) is 1. The first-order valence-electron chi connectivity index (χ1n) is 6.84. The maximum Gasteiger partial charge on any atom is 0.165 e. The molecule has 0 bridgehead atoms. The summed E-state index contributed by atoms with van der Waals surface area (Å²) in [7, 11) is 0.